The van der Waals surface area contributed by atoms with Crippen molar-refractivity contribution in [3.63, 3.8) is 0 Å². The smallest absolute Gasteiger partial charge is 0.278 e. The van der Waals surface area contributed by atoms with Crippen LogP contribution in [-0.2, 0) is 9.59 Å². The van der Waals surface area contributed by atoms with E-state index in [1.807, 2.05) is 76.2 Å². The predicted octanol–water partition coefficient (Wildman–Crippen LogP) is 4.15. The zero-order chi connectivity index (χ0) is 18.8. The van der Waals surface area contributed by atoms with Crippen LogP contribution < -0.4 is 5.32 Å². The summed E-state index contributed by atoms with van der Waals surface area (Å²) < 4.78 is 0. The van der Waals surface area contributed by atoms with Crippen molar-refractivity contribution in [3.05, 3.63) is 70.9 Å². The molecule has 1 aliphatic rings. The lowest BCUT2D eigenvalue weighted by Crippen LogP contribution is -2.35. The van der Waals surface area contributed by atoms with Crippen LogP contribution in [0, 0.1) is 19.8 Å². The fraction of sp³-hybridized carbons (Fsp3) is 0.273. The van der Waals surface area contributed by atoms with Gasteiger partial charge in [-0.15, -0.1) is 0 Å². The van der Waals surface area contributed by atoms with Crippen LogP contribution in [0.1, 0.15) is 30.5 Å². The Labute approximate surface area is 154 Å². The maximum absolute atomic E-state index is 13.0. The molecule has 3 rings (SSSR count). The highest BCUT2D eigenvalue weighted by molar-refractivity contribution is 6.36. The molecular weight excluding hydrogens is 324 g/mol. The summed E-state index contributed by atoms with van der Waals surface area (Å²) in [5, 5.41) is 3.20. The monoisotopic (exact) mass is 348 g/mol. The van der Waals surface area contributed by atoms with Crippen molar-refractivity contribution in [2.24, 2.45) is 5.92 Å². The van der Waals surface area contributed by atoms with Gasteiger partial charge in [0.25, 0.3) is 11.8 Å². The molecule has 1 N–H and O–H groups in total. The first-order valence-corrected chi connectivity index (χ1v) is 8.88. The van der Waals surface area contributed by atoms with Gasteiger partial charge in [-0.2, -0.15) is 0 Å². The van der Waals surface area contributed by atoms with Crippen LogP contribution in [0.4, 0.5) is 5.69 Å². The number of nitrogens with one attached hydrogen (secondary N) is 1. The van der Waals surface area contributed by atoms with E-state index < -0.39 is 0 Å². The van der Waals surface area contributed by atoms with Gasteiger partial charge in [0.2, 0.25) is 0 Å². The Bertz CT molecular complexity index is 879. The molecule has 0 fully saturated rings. The molecule has 4 heteroatoms. The third-order valence-electron chi connectivity index (χ3n) is 4.34. The third-order valence-corrected chi connectivity index (χ3v) is 4.34. The van der Waals surface area contributed by atoms with Crippen molar-refractivity contribution < 1.29 is 9.59 Å². The van der Waals surface area contributed by atoms with Crippen LogP contribution in [0.3, 0.4) is 0 Å². The molecule has 2 aromatic rings. The highest BCUT2D eigenvalue weighted by Gasteiger charge is 2.39. The molecule has 0 aliphatic carbocycles. The van der Waals surface area contributed by atoms with Gasteiger partial charge in [-0.1, -0.05) is 55.8 Å². The number of anilines is 1. The Kier molecular flexibility index (Phi) is 4.94. The van der Waals surface area contributed by atoms with Crippen LogP contribution >= 0.6 is 0 Å². The number of nitrogens with zero attached hydrogens (tertiary/aromatic N) is 1. The molecule has 0 bridgehead atoms. The number of hydrogen-bond donors (Lipinski definition) is 1. The Morgan fingerprint density at radius 2 is 1.62 bits per heavy atom. The van der Waals surface area contributed by atoms with Gasteiger partial charge in [0, 0.05) is 12.2 Å². The van der Waals surface area contributed by atoms with Crippen molar-refractivity contribution in [2.75, 3.05) is 11.9 Å². The highest BCUT2D eigenvalue weighted by Crippen LogP contribution is 2.31. The van der Waals surface area contributed by atoms with Gasteiger partial charge in [-0.25, -0.2) is 0 Å². The van der Waals surface area contributed by atoms with E-state index in [1.54, 1.807) is 0 Å². The summed E-state index contributed by atoms with van der Waals surface area (Å²) in [7, 11) is 0. The molecule has 2 aromatic carbocycles. The Morgan fingerprint density at radius 3 is 2.23 bits per heavy atom. The molecule has 4 nitrogen and oxygen atoms in total. The fourth-order valence-electron chi connectivity index (χ4n) is 3.08. The summed E-state index contributed by atoms with van der Waals surface area (Å²) in [5.74, 6) is -0.288. The Balaban J connectivity index is 2.06. The summed E-state index contributed by atoms with van der Waals surface area (Å²) in [6, 6.07) is 15.5. The number of benzene rings is 2. The Hall–Kier alpha value is -2.88. The summed E-state index contributed by atoms with van der Waals surface area (Å²) in [6.45, 7) is 8.39. The molecule has 0 aromatic heterocycles. The number of hydrogen-bond acceptors (Lipinski definition) is 3. The topological polar surface area (TPSA) is 49.4 Å². The number of carbonyl (C=O) groups is 2. The first kappa shape index (κ1) is 17.9. The van der Waals surface area contributed by atoms with E-state index in [9.17, 15) is 9.59 Å². The second-order valence-electron chi connectivity index (χ2n) is 7.23. The fourth-order valence-corrected chi connectivity index (χ4v) is 3.08. The van der Waals surface area contributed by atoms with Gasteiger partial charge >= 0.3 is 0 Å². The van der Waals surface area contributed by atoms with Gasteiger partial charge in [-0.3, -0.25) is 14.5 Å². The van der Waals surface area contributed by atoms with Gasteiger partial charge in [-0.05, 0) is 43.0 Å². The second-order valence-corrected chi connectivity index (χ2v) is 7.23. The SMILES string of the molecule is Cc1ccc(C2=C(Nc3cccc(C)c3)C(=O)N(CC(C)C)C2=O)cc1. The summed E-state index contributed by atoms with van der Waals surface area (Å²) in [6.07, 6.45) is 0. The lowest BCUT2D eigenvalue weighted by Gasteiger charge is -2.17. The second kappa shape index (κ2) is 7.16. The molecule has 26 heavy (non-hydrogen) atoms. The van der Waals surface area contributed by atoms with E-state index in [0.29, 0.717) is 17.8 Å². The first-order chi connectivity index (χ1) is 12.4. The number of carbonyl (C=O) groups excluding carboxylic acids is 2. The summed E-state index contributed by atoms with van der Waals surface area (Å²) in [4.78, 5) is 27.3. The van der Waals surface area contributed by atoms with Crippen molar-refractivity contribution >= 4 is 23.1 Å². The number of rotatable bonds is 5. The lowest BCUT2D eigenvalue weighted by molar-refractivity contribution is -0.137. The Morgan fingerprint density at radius 1 is 0.923 bits per heavy atom. The van der Waals surface area contributed by atoms with E-state index in [4.69, 9.17) is 0 Å². The van der Waals surface area contributed by atoms with Crippen molar-refractivity contribution in [2.45, 2.75) is 27.7 Å². The molecule has 0 atom stereocenters. The molecule has 0 unspecified atom stereocenters. The van der Waals surface area contributed by atoms with Crippen LogP contribution in [0.25, 0.3) is 5.57 Å². The minimum absolute atomic E-state index is 0.209. The van der Waals surface area contributed by atoms with Crippen molar-refractivity contribution in [1.82, 2.24) is 4.90 Å². The average molecular weight is 348 g/mol. The van der Waals surface area contributed by atoms with Gasteiger partial charge in [0.1, 0.15) is 5.70 Å². The maximum atomic E-state index is 13.0. The lowest BCUT2D eigenvalue weighted by atomic mass is 10.0. The number of amides is 2. The standard InChI is InChI=1S/C22H24N2O2/c1-14(2)13-24-21(25)19(17-10-8-15(3)9-11-17)20(22(24)26)23-18-7-5-6-16(4)12-18/h5-12,14,23H,13H2,1-4H3. The quantitative estimate of drug-likeness (QED) is 0.826. The van der Waals surface area contributed by atoms with Crippen molar-refractivity contribution in [1.29, 1.82) is 0 Å². The number of aryl methyl sites for hydroxylation is 2. The highest BCUT2D eigenvalue weighted by atomic mass is 16.2. The summed E-state index contributed by atoms with van der Waals surface area (Å²) >= 11 is 0. The van der Waals surface area contributed by atoms with Crippen molar-refractivity contribution in [3.8, 4) is 0 Å². The predicted molar refractivity (Wildman–Crippen MR) is 104 cm³/mol. The average Bonchev–Trinajstić information content (AvgIpc) is 2.80. The molecule has 2 amide bonds. The largest absolute Gasteiger partial charge is 0.350 e. The van der Waals surface area contributed by atoms with Crippen LogP contribution in [0.5, 0.6) is 0 Å². The van der Waals surface area contributed by atoms with Crippen LogP contribution in [0.15, 0.2) is 54.2 Å². The molecule has 0 spiro atoms. The van der Waals surface area contributed by atoms with Gasteiger partial charge in [0.15, 0.2) is 0 Å². The molecular formula is C22H24N2O2. The summed E-state index contributed by atoms with van der Waals surface area (Å²) in [5.41, 5.74) is 4.55. The van der Waals surface area contributed by atoms with Crippen LogP contribution in [-0.4, -0.2) is 23.3 Å². The molecule has 1 heterocycles. The van der Waals surface area contributed by atoms with E-state index in [2.05, 4.69) is 5.32 Å². The molecule has 0 saturated heterocycles. The normalized spacial score (nSPS) is 14.6. The molecule has 1 aliphatic heterocycles. The molecule has 134 valence electrons. The van der Waals surface area contributed by atoms with Gasteiger partial charge < -0.3 is 5.32 Å². The van der Waals surface area contributed by atoms with E-state index in [0.717, 1.165) is 22.4 Å². The zero-order valence-electron chi connectivity index (χ0n) is 15.7. The molecule has 0 radical (unpaired) electrons. The maximum Gasteiger partial charge on any atom is 0.278 e. The minimum atomic E-state index is -0.263. The van der Waals surface area contributed by atoms with E-state index >= 15 is 0 Å². The number of imide groups is 1. The third kappa shape index (κ3) is 3.54. The molecule has 0 saturated carbocycles. The van der Waals surface area contributed by atoms with E-state index in [1.165, 1.54) is 4.90 Å². The van der Waals surface area contributed by atoms with E-state index in [-0.39, 0.29) is 17.7 Å². The zero-order valence-corrected chi connectivity index (χ0v) is 15.7. The first-order valence-electron chi connectivity index (χ1n) is 8.88. The van der Waals surface area contributed by atoms with Gasteiger partial charge in [0.05, 0.1) is 5.57 Å². The van der Waals surface area contributed by atoms with Crippen LogP contribution in [0.2, 0.25) is 0 Å². The minimum Gasteiger partial charge on any atom is -0.350 e.